The first-order chi connectivity index (χ1) is 17.7. The van der Waals surface area contributed by atoms with E-state index in [0.717, 1.165) is 0 Å². The molecule has 236 valence electrons. The third-order valence-corrected chi connectivity index (χ3v) is 4.97. The van der Waals surface area contributed by atoms with Crippen LogP contribution in [0.4, 0.5) is 79.4 Å². The van der Waals surface area contributed by atoms with Crippen molar-refractivity contribution in [1.82, 2.24) is 5.32 Å². The molecule has 0 rings (SSSR count). The van der Waals surface area contributed by atoms with Crippen molar-refractivity contribution in [3.8, 4) is 0 Å². The Morgan fingerprint density at radius 3 is 1.50 bits per heavy atom. The van der Waals surface area contributed by atoms with Crippen LogP contribution in [-0.2, 0) is 9.53 Å². The van der Waals surface area contributed by atoms with E-state index < -0.39 is 66.8 Å². The Balaban J connectivity index is 5.51. The summed E-state index contributed by atoms with van der Waals surface area (Å²) in [5.41, 5.74) is 0. The highest BCUT2D eigenvalue weighted by molar-refractivity contribution is 5.66. The second-order valence-corrected chi connectivity index (χ2v) is 7.85. The lowest BCUT2D eigenvalue weighted by molar-refractivity contribution is -0.461. The van der Waals surface area contributed by atoms with E-state index in [2.05, 4.69) is 9.73 Å². The Morgan fingerprint density at radius 2 is 1.05 bits per heavy atom. The Kier molecular flexibility index (Phi) is 11.7. The van der Waals surface area contributed by atoms with E-state index in [1.807, 2.05) is 5.32 Å². The number of rotatable bonds is 16. The van der Waals surface area contributed by atoms with E-state index in [-0.39, 0.29) is 19.5 Å². The van der Waals surface area contributed by atoms with Crippen molar-refractivity contribution in [3.05, 3.63) is 0 Å². The number of halogens is 17. The first-order valence-electron chi connectivity index (χ1n) is 10.4. The largest absolute Gasteiger partial charge is 0.460 e. The number of alkyl halides is 17. The van der Waals surface area contributed by atoms with E-state index in [1.165, 1.54) is 6.08 Å². The number of aliphatic imine (C=N–C) groups is 1. The molecule has 5 nitrogen and oxygen atoms in total. The minimum absolute atomic E-state index is 0.142. The zero-order valence-electron chi connectivity index (χ0n) is 19.3. The molecule has 0 saturated heterocycles. The van der Waals surface area contributed by atoms with Gasteiger partial charge in [-0.3, -0.25) is 0 Å². The lowest BCUT2D eigenvalue weighted by atomic mass is 9.88. The molecule has 0 aliphatic rings. The maximum Gasteiger partial charge on any atom is 0.460 e. The van der Waals surface area contributed by atoms with Crippen LogP contribution >= 0.6 is 0 Å². The van der Waals surface area contributed by atoms with Crippen molar-refractivity contribution in [2.75, 3.05) is 19.7 Å². The molecule has 40 heavy (non-hydrogen) atoms. The summed E-state index contributed by atoms with van der Waals surface area (Å²) < 4.78 is 228. The predicted octanol–water partition coefficient (Wildman–Crippen LogP) is 7.01. The monoisotopic (exact) mass is 632 g/mol. The van der Waals surface area contributed by atoms with Gasteiger partial charge in [0, 0.05) is 6.54 Å². The standard InChI is InChI=1S/C18H17F17N2O3/c19-11(20,5-8-40-10(39)37-7-4-2-1-3-6-36-9-38)12(21,22)13(23,24)14(25,26)15(27,28)16(29,30)17(31,32)18(33,34)35/h1-8H2,(H,37,39). The molecule has 0 heterocycles. The summed E-state index contributed by atoms with van der Waals surface area (Å²) in [5.74, 6) is -57.0. The van der Waals surface area contributed by atoms with Gasteiger partial charge in [0.1, 0.15) is 0 Å². The topological polar surface area (TPSA) is 67.8 Å². The lowest BCUT2D eigenvalue weighted by Crippen LogP contribution is -2.74. The van der Waals surface area contributed by atoms with Gasteiger partial charge in [-0.25, -0.2) is 14.6 Å². The Bertz CT molecular complexity index is 899. The number of ether oxygens (including phenoxy) is 1. The molecule has 0 atom stereocenters. The highest BCUT2D eigenvalue weighted by atomic mass is 19.4. The number of carbonyl (C=O) groups excluding carboxylic acids is 2. The maximum absolute atomic E-state index is 13.7. The molecule has 0 aromatic rings. The van der Waals surface area contributed by atoms with Crippen LogP contribution in [0.3, 0.4) is 0 Å². The number of unbranched alkanes of at least 4 members (excludes halogenated alkanes) is 3. The summed E-state index contributed by atoms with van der Waals surface area (Å²) in [6, 6.07) is 0. The van der Waals surface area contributed by atoms with Crippen molar-refractivity contribution in [3.63, 3.8) is 0 Å². The van der Waals surface area contributed by atoms with Crippen molar-refractivity contribution < 1.29 is 89.0 Å². The minimum Gasteiger partial charge on any atom is -0.449 e. The molecular weight excluding hydrogens is 615 g/mol. The predicted molar refractivity (Wildman–Crippen MR) is 96.1 cm³/mol. The van der Waals surface area contributed by atoms with E-state index in [0.29, 0.717) is 19.3 Å². The van der Waals surface area contributed by atoms with Gasteiger partial charge in [-0.05, 0) is 12.8 Å². The normalized spacial score (nSPS) is 14.5. The van der Waals surface area contributed by atoms with Crippen LogP contribution in [0.25, 0.3) is 0 Å². The van der Waals surface area contributed by atoms with E-state index >= 15 is 0 Å². The molecule has 0 aliphatic carbocycles. The number of amides is 1. The number of carbonyl (C=O) groups is 1. The number of nitrogens with zero attached hydrogens (tertiary/aromatic N) is 1. The molecule has 0 saturated carbocycles. The third-order valence-electron chi connectivity index (χ3n) is 4.97. The van der Waals surface area contributed by atoms with Gasteiger partial charge in [0.25, 0.3) is 0 Å². The van der Waals surface area contributed by atoms with Crippen LogP contribution < -0.4 is 5.32 Å². The first-order valence-corrected chi connectivity index (χ1v) is 10.4. The third kappa shape index (κ3) is 7.02. The van der Waals surface area contributed by atoms with Gasteiger partial charge < -0.3 is 10.1 Å². The average molecular weight is 632 g/mol. The van der Waals surface area contributed by atoms with Crippen LogP contribution in [0.1, 0.15) is 32.1 Å². The molecule has 0 aromatic heterocycles. The fourth-order valence-corrected chi connectivity index (χ4v) is 2.58. The number of alkyl carbamates (subject to hydrolysis) is 1. The maximum atomic E-state index is 13.7. The average Bonchev–Trinajstić information content (AvgIpc) is 2.79. The minimum atomic E-state index is -8.69. The van der Waals surface area contributed by atoms with Gasteiger partial charge in [-0.15, -0.1) is 0 Å². The Labute approximate surface area is 212 Å². The van der Waals surface area contributed by atoms with Gasteiger partial charge in [0.05, 0.1) is 19.6 Å². The molecular formula is C18H17F17N2O3. The number of nitrogens with one attached hydrogen (secondary N) is 1. The Hall–Kier alpha value is -2.54. The fraction of sp³-hybridized carbons (Fsp3) is 0.889. The molecule has 0 radical (unpaired) electrons. The molecule has 0 aromatic carbocycles. The molecule has 22 heteroatoms. The zero-order valence-corrected chi connectivity index (χ0v) is 19.3. The van der Waals surface area contributed by atoms with Crippen LogP contribution in [0, 0.1) is 0 Å². The molecule has 0 fully saturated rings. The molecule has 0 unspecified atom stereocenters. The van der Waals surface area contributed by atoms with Gasteiger partial charge in [-0.2, -0.15) is 74.6 Å². The van der Waals surface area contributed by atoms with Gasteiger partial charge in [0.15, 0.2) is 0 Å². The van der Waals surface area contributed by atoms with Crippen molar-refractivity contribution in [2.45, 2.75) is 79.7 Å². The fourth-order valence-electron chi connectivity index (χ4n) is 2.58. The zero-order chi connectivity index (χ0) is 32.1. The molecule has 0 spiro atoms. The van der Waals surface area contributed by atoms with Gasteiger partial charge in [-0.1, -0.05) is 12.8 Å². The second kappa shape index (κ2) is 12.5. The van der Waals surface area contributed by atoms with Gasteiger partial charge in [0.2, 0.25) is 6.08 Å². The molecule has 1 N–H and O–H groups in total. The smallest absolute Gasteiger partial charge is 0.449 e. The molecule has 1 amide bonds. The quantitative estimate of drug-likeness (QED) is 0.0863. The summed E-state index contributed by atoms with van der Waals surface area (Å²) in [5, 5.41) is 1.83. The lowest BCUT2D eigenvalue weighted by Gasteiger charge is -2.42. The number of isocyanates is 1. The first kappa shape index (κ1) is 37.5. The number of hydrogen-bond acceptors (Lipinski definition) is 4. The Morgan fingerprint density at radius 1 is 0.625 bits per heavy atom. The molecule has 0 bridgehead atoms. The van der Waals surface area contributed by atoms with Crippen LogP contribution in [0.2, 0.25) is 0 Å². The SMILES string of the molecule is O=C=NCCCCCCNC(=O)OCCC(F)(F)C(F)(F)C(F)(F)C(F)(F)C(F)(F)C(F)(F)C(F)(F)C(F)(F)F. The van der Waals surface area contributed by atoms with Crippen LogP contribution in [0.15, 0.2) is 4.99 Å². The van der Waals surface area contributed by atoms with Gasteiger partial charge >= 0.3 is 53.7 Å². The summed E-state index contributed by atoms with van der Waals surface area (Å²) >= 11 is 0. The van der Waals surface area contributed by atoms with E-state index in [1.54, 1.807) is 0 Å². The van der Waals surface area contributed by atoms with Crippen molar-refractivity contribution >= 4 is 12.2 Å². The second-order valence-electron chi connectivity index (χ2n) is 7.85. The van der Waals surface area contributed by atoms with E-state index in [4.69, 9.17) is 0 Å². The van der Waals surface area contributed by atoms with Crippen molar-refractivity contribution in [1.29, 1.82) is 0 Å². The summed E-state index contributed by atoms with van der Waals surface area (Å²) in [6.07, 6.45) is -9.61. The van der Waals surface area contributed by atoms with Crippen molar-refractivity contribution in [2.24, 2.45) is 4.99 Å². The summed E-state index contributed by atoms with van der Waals surface area (Å²) in [6.45, 7) is -2.13. The molecule has 0 aliphatic heterocycles. The highest BCUT2D eigenvalue weighted by Gasteiger charge is 2.95. The van der Waals surface area contributed by atoms with E-state index in [9.17, 15) is 84.2 Å². The number of hydrogen-bond donors (Lipinski definition) is 1. The summed E-state index contributed by atoms with van der Waals surface area (Å²) in [4.78, 5) is 24.3. The highest BCUT2D eigenvalue weighted by Crippen LogP contribution is 2.64. The van der Waals surface area contributed by atoms with Crippen LogP contribution in [-0.4, -0.2) is 79.5 Å². The summed E-state index contributed by atoms with van der Waals surface area (Å²) in [7, 11) is 0. The van der Waals surface area contributed by atoms with Crippen LogP contribution in [0.5, 0.6) is 0 Å².